The third-order valence-corrected chi connectivity index (χ3v) is 8.41. The van der Waals surface area contributed by atoms with E-state index in [1.807, 2.05) is 0 Å². The number of methoxy groups -OCH3 is 2. The van der Waals surface area contributed by atoms with Crippen LogP contribution in [0.4, 0.5) is 0 Å². The Morgan fingerprint density at radius 1 is 1.10 bits per heavy atom. The van der Waals surface area contributed by atoms with Crippen molar-refractivity contribution >= 4 is 20.3 Å². The summed E-state index contributed by atoms with van der Waals surface area (Å²) in [6, 6.07) is 0. The van der Waals surface area contributed by atoms with E-state index in [0.717, 1.165) is 0 Å². The molecule has 0 saturated heterocycles. The Balaban J connectivity index is 4.60. The van der Waals surface area contributed by atoms with Crippen molar-refractivity contribution in [3.8, 4) is 0 Å². The van der Waals surface area contributed by atoms with Crippen LogP contribution < -0.4 is 0 Å². The molecule has 0 saturated carbocycles. The summed E-state index contributed by atoms with van der Waals surface area (Å²) in [6.07, 6.45) is 0.575. The molecule has 0 aromatic rings. The van der Waals surface area contributed by atoms with Gasteiger partial charge in [0.2, 0.25) is 0 Å². The monoisotopic (exact) mass is 304 g/mol. The Hall–Kier alpha value is -0.883. The molecular weight excluding hydrogens is 276 g/mol. The van der Waals surface area contributed by atoms with Crippen molar-refractivity contribution < 1.29 is 23.5 Å². The maximum Gasteiger partial charge on any atom is 0.310 e. The van der Waals surface area contributed by atoms with E-state index in [9.17, 15) is 9.59 Å². The van der Waals surface area contributed by atoms with Crippen molar-refractivity contribution in [1.82, 2.24) is 0 Å². The third kappa shape index (κ3) is 6.05. The molecule has 0 N–H and O–H groups in total. The normalized spacial score (nSPS) is 13.8. The van der Waals surface area contributed by atoms with Gasteiger partial charge in [-0.2, -0.15) is 0 Å². The van der Waals surface area contributed by atoms with E-state index in [1.54, 1.807) is 0 Å². The average molecular weight is 304 g/mol. The molecule has 1 atom stereocenters. The van der Waals surface area contributed by atoms with Gasteiger partial charge in [0.15, 0.2) is 8.32 Å². The predicted octanol–water partition coefficient (Wildman–Crippen LogP) is 2.75. The topological polar surface area (TPSA) is 61.8 Å². The van der Waals surface area contributed by atoms with Gasteiger partial charge in [-0.3, -0.25) is 9.59 Å². The second kappa shape index (κ2) is 7.78. The van der Waals surface area contributed by atoms with Gasteiger partial charge >= 0.3 is 11.9 Å². The summed E-state index contributed by atoms with van der Waals surface area (Å²) < 4.78 is 15.4. The summed E-state index contributed by atoms with van der Waals surface area (Å²) in [5.74, 6) is -1.09. The fraction of sp³-hybridized carbons (Fsp3) is 0.857. The molecule has 0 fully saturated rings. The SMILES string of the molecule is COC(=O)CC[C@@H](CO[Si](C)(C)C(C)(C)C)C(=O)OC. The number of carbonyl (C=O) groups excluding carboxylic acids is 2. The van der Waals surface area contributed by atoms with Crippen molar-refractivity contribution in [3.63, 3.8) is 0 Å². The van der Waals surface area contributed by atoms with Gasteiger partial charge < -0.3 is 13.9 Å². The van der Waals surface area contributed by atoms with Crippen LogP contribution in [0.2, 0.25) is 18.1 Å². The molecule has 0 aromatic heterocycles. The number of carbonyl (C=O) groups is 2. The summed E-state index contributed by atoms with van der Waals surface area (Å²) in [5, 5.41) is 0.0794. The van der Waals surface area contributed by atoms with E-state index in [0.29, 0.717) is 13.0 Å². The highest BCUT2D eigenvalue weighted by molar-refractivity contribution is 6.74. The largest absolute Gasteiger partial charge is 0.469 e. The van der Waals surface area contributed by atoms with Gasteiger partial charge in [-0.25, -0.2) is 0 Å². The number of esters is 2. The maximum absolute atomic E-state index is 11.7. The molecule has 5 nitrogen and oxygen atoms in total. The first-order valence-corrected chi connectivity index (χ1v) is 9.74. The lowest BCUT2D eigenvalue weighted by Crippen LogP contribution is -2.42. The number of ether oxygens (including phenoxy) is 2. The minimum absolute atomic E-state index is 0.0794. The van der Waals surface area contributed by atoms with Gasteiger partial charge in [0.05, 0.1) is 20.1 Å². The summed E-state index contributed by atoms with van der Waals surface area (Å²) in [4.78, 5) is 22.9. The zero-order valence-electron chi connectivity index (χ0n) is 13.7. The molecule has 0 aromatic carbocycles. The van der Waals surface area contributed by atoms with Gasteiger partial charge in [0, 0.05) is 13.0 Å². The lowest BCUT2D eigenvalue weighted by atomic mass is 10.1. The molecule has 0 aliphatic heterocycles. The first kappa shape index (κ1) is 19.1. The number of hydrogen-bond acceptors (Lipinski definition) is 5. The van der Waals surface area contributed by atoms with Crippen molar-refractivity contribution in [2.24, 2.45) is 5.92 Å². The number of hydrogen-bond donors (Lipinski definition) is 0. The second-order valence-electron chi connectivity index (χ2n) is 6.41. The summed E-state index contributed by atoms with van der Waals surface area (Å²) in [6.45, 7) is 11.0. The summed E-state index contributed by atoms with van der Waals surface area (Å²) in [7, 11) is 0.767. The molecule has 0 bridgehead atoms. The van der Waals surface area contributed by atoms with E-state index in [1.165, 1.54) is 14.2 Å². The maximum atomic E-state index is 11.7. The Morgan fingerprint density at radius 3 is 2.05 bits per heavy atom. The second-order valence-corrected chi connectivity index (χ2v) is 11.2. The lowest BCUT2D eigenvalue weighted by molar-refractivity contribution is -0.147. The van der Waals surface area contributed by atoms with Crippen LogP contribution in [-0.4, -0.2) is 41.1 Å². The third-order valence-electron chi connectivity index (χ3n) is 3.91. The lowest BCUT2D eigenvalue weighted by Gasteiger charge is -2.37. The molecule has 0 aliphatic carbocycles. The minimum Gasteiger partial charge on any atom is -0.469 e. The predicted molar refractivity (Wildman–Crippen MR) is 79.9 cm³/mol. The minimum atomic E-state index is -1.91. The van der Waals surface area contributed by atoms with Crippen molar-refractivity contribution in [3.05, 3.63) is 0 Å². The number of rotatable bonds is 7. The molecule has 0 rings (SSSR count). The van der Waals surface area contributed by atoms with Crippen LogP contribution in [0.3, 0.4) is 0 Å². The van der Waals surface area contributed by atoms with Crippen molar-refractivity contribution in [2.45, 2.75) is 51.7 Å². The highest BCUT2D eigenvalue weighted by atomic mass is 28.4. The average Bonchev–Trinajstić information content (AvgIpc) is 2.36. The summed E-state index contributed by atoms with van der Waals surface area (Å²) >= 11 is 0. The molecule has 20 heavy (non-hydrogen) atoms. The Morgan fingerprint density at radius 2 is 1.65 bits per heavy atom. The van der Waals surface area contributed by atoms with E-state index in [4.69, 9.17) is 9.16 Å². The van der Waals surface area contributed by atoms with Crippen LogP contribution in [0.15, 0.2) is 0 Å². The van der Waals surface area contributed by atoms with E-state index < -0.39 is 14.2 Å². The Kier molecular flexibility index (Phi) is 7.44. The quantitative estimate of drug-likeness (QED) is 0.534. The molecule has 0 unspecified atom stereocenters. The van der Waals surface area contributed by atoms with Gasteiger partial charge in [-0.15, -0.1) is 0 Å². The first-order valence-electron chi connectivity index (χ1n) is 6.83. The van der Waals surface area contributed by atoms with E-state index in [-0.39, 0.29) is 23.4 Å². The Labute approximate surface area is 123 Å². The Bertz CT molecular complexity index is 333. The smallest absolute Gasteiger partial charge is 0.310 e. The molecular formula is C14H28O5Si. The molecule has 0 heterocycles. The molecule has 0 radical (unpaired) electrons. The van der Waals surface area contributed by atoms with Gasteiger partial charge in [0.1, 0.15) is 0 Å². The van der Waals surface area contributed by atoms with Crippen molar-refractivity contribution in [1.29, 1.82) is 0 Å². The fourth-order valence-electron chi connectivity index (χ4n) is 1.36. The molecule has 118 valence electrons. The van der Waals surface area contributed by atoms with Crippen LogP contribution in [-0.2, 0) is 23.5 Å². The van der Waals surface area contributed by atoms with Crippen LogP contribution in [0.1, 0.15) is 33.6 Å². The standard InChI is InChI=1S/C14H28O5Si/c1-14(2,3)20(6,7)19-10-11(13(16)18-5)8-9-12(15)17-4/h11H,8-10H2,1-7H3/t11-/m0/s1. The molecule has 0 spiro atoms. The highest BCUT2D eigenvalue weighted by Gasteiger charge is 2.38. The van der Waals surface area contributed by atoms with Gasteiger partial charge in [-0.1, -0.05) is 20.8 Å². The van der Waals surface area contributed by atoms with Crippen LogP contribution in [0.25, 0.3) is 0 Å². The summed E-state index contributed by atoms with van der Waals surface area (Å²) in [5.41, 5.74) is 0. The van der Waals surface area contributed by atoms with Crippen LogP contribution in [0, 0.1) is 5.92 Å². The van der Waals surface area contributed by atoms with Crippen LogP contribution >= 0.6 is 0 Å². The fourth-order valence-corrected chi connectivity index (χ4v) is 2.41. The van der Waals surface area contributed by atoms with E-state index in [2.05, 4.69) is 38.6 Å². The van der Waals surface area contributed by atoms with Gasteiger partial charge in [0.25, 0.3) is 0 Å². The molecule has 0 amide bonds. The highest BCUT2D eigenvalue weighted by Crippen LogP contribution is 2.37. The van der Waals surface area contributed by atoms with E-state index >= 15 is 0 Å². The zero-order chi connectivity index (χ0) is 16.0. The zero-order valence-corrected chi connectivity index (χ0v) is 14.7. The first-order chi connectivity index (χ1) is 9.05. The molecule has 6 heteroatoms. The van der Waals surface area contributed by atoms with Crippen molar-refractivity contribution in [2.75, 3.05) is 20.8 Å². The molecule has 0 aliphatic rings. The van der Waals surface area contributed by atoms with Crippen LogP contribution in [0.5, 0.6) is 0 Å². The van der Waals surface area contributed by atoms with Gasteiger partial charge in [-0.05, 0) is 24.6 Å².